The Hall–Kier alpha value is -1.75. The summed E-state index contributed by atoms with van der Waals surface area (Å²) in [6, 6.07) is 12.3. The average Bonchev–Trinajstić information content (AvgIpc) is 3.25. The van der Waals surface area contributed by atoms with E-state index >= 15 is 0 Å². The summed E-state index contributed by atoms with van der Waals surface area (Å²) in [4.78, 5) is 8.86. The summed E-state index contributed by atoms with van der Waals surface area (Å²) in [5.74, 6) is 1.73. The van der Waals surface area contributed by atoms with E-state index in [0.29, 0.717) is 35.0 Å². The lowest BCUT2D eigenvalue weighted by Crippen LogP contribution is -2.51. The van der Waals surface area contributed by atoms with E-state index in [4.69, 9.17) is 13.6 Å². The molecule has 1 aromatic heterocycles. The summed E-state index contributed by atoms with van der Waals surface area (Å²) in [7, 11) is -3.91. The Morgan fingerprint density at radius 3 is 2.12 bits per heavy atom. The molecule has 1 aliphatic carbocycles. The minimum Gasteiger partial charge on any atom is -0.473 e. The van der Waals surface area contributed by atoms with Gasteiger partial charge in [0.1, 0.15) is 18.8 Å². The van der Waals surface area contributed by atoms with Gasteiger partial charge < -0.3 is 18.9 Å². The highest BCUT2D eigenvalue weighted by molar-refractivity contribution is 6.77. The topological polar surface area (TPSA) is 65.5 Å². The maximum Gasteiger partial charge on any atom is 0.218 e. The second-order valence-corrected chi connectivity index (χ2v) is 24.3. The second-order valence-electron chi connectivity index (χ2n) is 14.1. The van der Waals surface area contributed by atoms with Crippen molar-refractivity contribution in [2.45, 2.75) is 129 Å². The minimum absolute atomic E-state index is 0.178. The molecule has 0 saturated heterocycles. The maximum atomic E-state index is 7.40. The Morgan fingerprint density at radius 2 is 1.55 bits per heavy atom. The molecule has 1 aromatic carbocycles. The van der Waals surface area contributed by atoms with Crippen molar-refractivity contribution < 1.29 is 13.6 Å². The third-order valence-electron chi connectivity index (χ3n) is 9.38. The molecule has 6 nitrogen and oxygen atoms in total. The number of nitrogens with one attached hydrogen (secondary N) is 1. The van der Waals surface area contributed by atoms with Crippen molar-refractivity contribution in [2.24, 2.45) is 5.92 Å². The van der Waals surface area contributed by atoms with Gasteiger partial charge in [-0.1, -0.05) is 92.6 Å². The van der Waals surface area contributed by atoms with E-state index in [1.54, 1.807) is 6.33 Å². The first kappa shape index (κ1) is 32.8. The number of benzene rings is 1. The van der Waals surface area contributed by atoms with Gasteiger partial charge in [0, 0.05) is 24.6 Å². The van der Waals surface area contributed by atoms with Crippen molar-refractivity contribution in [3.8, 4) is 5.88 Å². The smallest absolute Gasteiger partial charge is 0.218 e. The highest BCUT2D eigenvalue weighted by Crippen LogP contribution is 2.46. The van der Waals surface area contributed by atoms with E-state index in [2.05, 4.69) is 103 Å². The molecule has 0 spiro atoms. The number of aromatic nitrogens is 2. The number of anilines is 1. The summed E-state index contributed by atoms with van der Waals surface area (Å²) in [6.07, 6.45) is 3.72. The fourth-order valence-electron chi connectivity index (χ4n) is 6.16. The van der Waals surface area contributed by atoms with Crippen LogP contribution in [0.15, 0.2) is 42.7 Å². The van der Waals surface area contributed by atoms with Crippen LogP contribution in [-0.2, 0) is 15.5 Å². The van der Waals surface area contributed by atoms with E-state index in [-0.39, 0.29) is 17.2 Å². The predicted molar refractivity (Wildman–Crippen MR) is 172 cm³/mol. The maximum absolute atomic E-state index is 7.40. The van der Waals surface area contributed by atoms with Crippen LogP contribution in [0.25, 0.3) is 0 Å². The summed E-state index contributed by atoms with van der Waals surface area (Å²) >= 11 is 0. The van der Waals surface area contributed by atoms with Gasteiger partial charge in [-0.2, -0.15) is 0 Å². The Kier molecular flexibility index (Phi) is 11.0. The number of hydrogen-bond donors (Lipinski definition) is 1. The monoisotopic (exact) mass is 585 g/mol. The van der Waals surface area contributed by atoms with Crippen molar-refractivity contribution in [1.82, 2.24) is 9.97 Å². The van der Waals surface area contributed by atoms with Crippen molar-refractivity contribution in [2.75, 3.05) is 11.9 Å². The number of ether oxygens (including phenoxy) is 1. The molecule has 224 valence electrons. The summed E-state index contributed by atoms with van der Waals surface area (Å²) in [6.45, 7) is 27.1. The second kappa shape index (κ2) is 13.5. The Morgan fingerprint density at radius 1 is 0.925 bits per heavy atom. The third-order valence-corrected chi connectivity index (χ3v) is 20.0. The van der Waals surface area contributed by atoms with Gasteiger partial charge in [-0.15, -0.1) is 0 Å². The van der Waals surface area contributed by atoms with Crippen molar-refractivity contribution >= 4 is 22.5 Å². The zero-order valence-corrected chi connectivity index (χ0v) is 29.0. The molecule has 3 rings (SSSR count). The molecule has 0 aliphatic heterocycles. The van der Waals surface area contributed by atoms with Gasteiger partial charge in [-0.3, -0.25) is 0 Å². The molecular weight excluding hydrogens is 531 g/mol. The molecule has 0 bridgehead atoms. The van der Waals surface area contributed by atoms with Crippen LogP contribution in [0, 0.1) is 5.92 Å². The summed E-state index contributed by atoms with van der Waals surface area (Å²) < 4.78 is 20.2. The van der Waals surface area contributed by atoms with E-state index in [0.717, 1.165) is 30.8 Å². The molecule has 1 heterocycles. The quantitative estimate of drug-likeness (QED) is 0.237. The lowest BCUT2D eigenvalue weighted by atomic mass is 10.1. The number of hydrogen-bond acceptors (Lipinski definition) is 6. The van der Waals surface area contributed by atoms with E-state index in [9.17, 15) is 0 Å². The van der Waals surface area contributed by atoms with Gasteiger partial charge in [0.2, 0.25) is 14.2 Å². The molecule has 1 N–H and O–H groups in total. The van der Waals surface area contributed by atoms with Crippen LogP contribution in [0.1, 0.15) is 80.7 Å². The van der Waals surface area contributed by atoms with Crippen LogP contribution < -0.4 is 10.1 Å². The third kappa shape index (κ3) is 7.96. The normalized spacial score (nSPS) is 20.5. The first-order valence-corrected chi connectivity index (χ1v) is 20.3. The number of nitrogens with zero attached hydrogens (tertiary/aromatic N) is 2. The molecule has 0 amide bonds. The largest absolute Gasteiger partial charge is 0.473 e. The lowest BCUT2D eigenvalue weighted by Gasteiger charge is -2.45. The van der Waals surface area contributed by atoms with E-state index < -0.39 is 16.6 Å². The Bertz CT molecular complexity index is 1040. The number of rotatable bonds is 13. The van der Waals surface area contributed by atoms with E-state index in [1.807, 2.05) is 24.3 Å². The Labute approximate surface area is 246 Å². The first-order chi connectivity index (χ1) is 18.7. The molecular formula is C32H55N3O3Si2. The zero-order chi connectivity index (χ0) is 29.7. The zero-order valence-electron chi connectivity index (χ0n) is 27.0. The van der Waals surface area contributed by atoms with E-state index in [1.165, 1.54) is 0 Å². The van der Waals surface area contributed by atoms with Crippen LogP contribution in [0.5, 0.6) is 5.88 Å². The van der Waals surface area contributed by atoms with Crippen LogP contribution in [-0.4, -0.2) is 45.4 Å². The molecule has 3 atom stereocenters. The highest BCUT2D eigenvalue weighted by Gasteiger charge is 2.50. The van der Waals surface area contributed by atoms with Gasteiger partial charge in [0.05, 0.1) is 6.10 Å². The van der Waals surface area contributed by atoms with Crippen molar-refractivity contribution in [3.63, 3.8) is 0 Å². The lowest BCUT2D eigenvalue weighted by molar-refractivity contribution is 0.0971. The molecule has 2 aromatic rings. The van der Waals surface area contributed by atoms with Gasteiger partial charge in [0.15, 0.2) is 8.32 Å². The molecule has 1 saturated carbocycles. The van der Waals surface area contributed by atoms with Crippen molar-refractivity contribution in [1.29, 1.82) is 0 Å². The van der Waals surface area contributed by atoms with Gasteiger partial charge in [0.25, 0.3) is 0 Å². The SMILES string of the molecule is CC(C)[Si](O[C@H]1C[C@H](Nc2cc(OCc3ccccc3)ncn2)C[C@@H]1CO[Si](C)(C)C(C)(C)C)(C(C)C)C(C)C. The van der Waals surface area contributed by atoms with Crippen LogP contribution in [0.2, 0.25) is 34.8 Å². The molecule has 1 aliphatic rings. The van der Waals surface area contributed by atoms with Crippen LogP contribution in [0.3, 0.4) is 0 Å². The van der Waals surface area contributed by atoms with Gasteiger partial charge in [-0.25, -0.2) is 9.97 Å². The van der Waals surface area contributed by atoms with Crippen molar-refractivity contribution in [3.05, 3.63) is 48.3 Å². The first-order valence-electron chi connectivity index (χ1n) is 15.2. The fourth-order valence-corrected chi connectivity index (χ4v) is 12.9. The average molecular weight is 586 g/mol. The Balaban J connectivity index is 1.77. The van der Waals surface area contributed by atoms with Crippen LogP contribution in [0.4, 0.5) is 5.82 Å². The molecule has 1 fully saturated rings. The fraction of sp³-hybridized carbons (Fsp3) is 0.688. The summed E-state index contributed by atoms with van der Waals surface area (Å²) in [5, 5.41) is 3.88. The minimum atomic E-state index is -2.04. The van der Waals surface area contributed by atoms with Gasteiger partial charge in [-0.05, 0) is 53.2 Å². The molecule has 0 unspecified atom stereocenters. The van der Waals surface area contributed by atoms with Gasteiger partial charge >= 0.3 is 0 Å². The molecule has 40 heavy (non-hydrogen) atoms. The standard InChI is InChI=1S/C32H55N3O3Si2/c1-23(2)40(24(3)4,25(5)6)38-29-18-28(17-27(29)21-37-39(10,11)32(7,8)9)35-30-19-31(34-22-33-30)36-20-26-15-13-12-14-16-26/h12-16,19,22-25,27-29H,17-18,20-21H2,1-11H3,(H,33,34,35)/t27-,28-,29+/m1/s1. The molecule has 8 heteroatoms. The predicted octanol–water partition coefficient (Wildman–Crippen LogP) is 8.83. The molecule has 0 radical (unpaired) electrons. The highest BCUT2D eigenvalue weighted by atomic mass is 28.4. The van der Waals surface area contributed by atoms with Crippen LogP contribution >= 0.6 is 0 Å². The summed E-state index contributed by atoms with van der Waals surface area (Å²) in [5.41, 5.74) is 2.76.